The van der Waals surface area contributed by atoms with E-state index in [4.69, 9.17) is 0 Å². The van der Waals surface area contributed by atoms with E-state index in [1.165, 1.54) is 13.3 Å². The first-order chi connectivity index (χ1) is 12.6. The van der Waals surface area contributed by atoms with Crippen LogP contribution in [0.5, 0.6) is 0 Å². The predicted molar refractivity (Wildman–Crippen MR) is 98.2 cm³/mol. The van der Waals surface area contributed by atoms with Gasteiger partial charge in [-0.2, -0.15) is 0 Å². The predicted octanol–water partition coefficient (Wildman–Crippen LogP) is 3.08. The molecule has 2 N–H and O–H groups in total. The van der Waals surface area contributed by atoms with Crippen LogP contribution in [0.2, 0.25) is 0 Å². The molecule has 0 fully saturated rings. The molecule has 2 aromatic carbocycles. The van der Waals surface area contributed by atoms with Gasteiger partial charge in [-0.05, 0) is 35.9 Å². The molecule has 0 aliphatic carbocycles. The first-order valence-corrected chi connectivity index (χ1v) is 7.86. The van der Waals surface area contributed by atoms with Crippen molar-refractivity contribution in [2.24, 2.45) is 0 Å². The van der Waals surface area contributed by atoms with Gasteiger partial charge in [-0.1, -0.05) is 30.3 Å². The molecule has 26 heavy (non-hydrogen) atoms. The highest BCUT2D eigenvalue weighted by Crippen LogP contribution is 2.17. The molecule has 6 heteroatoms. The lowest BCUT2D eigenvalue weighted by Crippen LogP contribution is -2.16. The van der Waals surface area contributed by atoms with Crippen LogP contribution in [0, 0.1) is 0 Å². The molecule has 1 amide bonds. The van der Waals surface area contributed by atoms with Crippen LogP contribution in [0.15, 0.2) is 71.7 Å². The lowest BCUT2D eigenvalue weighted by molar-refractivity contribution is 0.0600. The SMILES string of the molecule is COC(=O)c1ccc(NC(=O)c2c[nH]c(=O)c(-c3ccccc3)c2)cc1. The number of carbonyl (C=O) groups is 2. The maximum Gasteiger partial charge on any atom is 0.337 e. The summed E-state index contributed by atoms with van der Waals surface area (Å²) in [6.45, 7) is 0. The Hall–Kier alpha value is -3.67. The number of hydrogen-bond donors (Lipinski definition) is 2. The molecule has 0 unspecified atom stereocenters. The number of hydrogen-bond acceptors (Lipinski definition) is 4. The van der Waals surface area contributed by atoms with Crippen molar-refractivity contribution >= 4 is 17.6 Å². The zero-order valence-corrected chi connectivity index (χ0v) is 14.0. The van der Waals surface area contributed by atoms with Gasteiger partial charge in [0.1, 0.15) is 0 Å². The summed E-state index contributed by atoms with van der Waals surface area (Å²) in [7, 11) is 1.30. The fourth-order valence-corrected chi connectivity index (χ4v) is 2.46. The van der Waals surface area contributed by atoms with E-state index in [2.05, 4.69) is 15.0 Å². The van der Waals surface area contributed by atoms with Crippen LogP contribution >= 0.6 is 0 Å². The Morgan fingerprint density at radius 2 is 1.65 bits per heavy atom. The third-order valence-electron chi connectivity index (χ3n) is 3.81. The average molecular weight is 348 g/mol. The van der Waals surface area contributed by atoms with E-state index in [1.54, 1.807) is 42.5 Å². The molecule has 6 nitrogen and oxygen atoms in total. The molecule has 0 saturated carbocycles. The van der Waals surface area contributed by atoms with Gasteiger partial charge < -0.3 is 15.0 Å². The average Bonchev–Trinajstić information content (AvgIpc) is 2.69. The Morgan fingerprint density at radius 3 is 2.31 bits per heavy atom. The van der Waals surface area contributed by atoms with Crippen molar-refractivity contribution in [1.29, 1.82) is 0 Å². The lowest BCUT2D eigenvalue weighted by atomic mass is 10.1. The molecule has 3 rings (SSSR count). The number of aromatic nitrogens is 1. The van der Waals surface area contributed by atoms with Gasteiger partial charge in [0.05, 0.1) is 18.2 Å². The molecule has 1 aromatic heterocycles. The molecule has 130 valence electrons. The lowest BCUT2D eigenvalue weighted by Gasteiger charge is -2.07. The van der Waals surface area contributed by atoms with E-state index in [0.717, 1.165) is 5.56 Å². The maximum atomic E-state index is 12.5. The van der Waals surface area contributed by atoms with Gasteiger partial charge in [-0.3, -0.25) is 9.59 Å². The molecule has 0 radical (unpaired) electrons. The monoisotopic (exact) mass is 348 g/mol. The first kappa shape index (κ1) is 17.2. The topological polar surface area (TPSA) is 88.3 Å². The standard InChI is InChI=1S/C20H16N2O4/c1-26-20(25)14-7-9-16(10-8-14)22-18(23)15-11-17(19(24)21-12-15)13-5-3-2-4-6-13/h2-12H,1H3,(H,21,24)(H,22,23). The minimum absolute atomic E-state index is 0.268. The number of anilines is 1. The van der Waals surface area contributed by atoms with Crippen LogP contribution in [0.1, 0.15) is 20.7 Å². The quantitative estimate of drug-likeness (QED) is 0.709. The van der Waals surface area contributed by atoms with Crippen LogP contribution < -0.4 is 10.9 Å². The number of ether oxygens (including phenoxy) is 1. The molecule has 1 heterocycles. The summed E-state index contributed by atoms with van der Waals surface area (Å²) >= 11 is 0. The van der Waals surface area contributed by atoms with Crippen LogP contribution in [0.25, 0.3) is 11.1 Å². The van der Waals surface area contributed by atoms with Gasteiger partial charge in [-0.15, -0.1) is 0 Å². The third kappa shape index (κ3) is 3.70. The highest BCUT2D eigenvalue weighted by molar-refractivity contribution is 6.04. The van der Waals surface area contributed by atoms with Crippen molar-refractivity contribution in [3.8, 4) is 11.1 Å². The van der Waals surface area contributed by atoms with Gasteiger partial charge in [0.15, 0.2) is 0 Å². The van der Waals surface area contributed by atoms with E-state index in [1.807, 2.05) is 18.2 Å². The summed E-state index contributed by atoms with van der Waals surface area (Å²) in [5, 5.41) is 2.73. The Morgan fingerprint density at radius 1 is 0.962 bits per heavy atom. The maximum absolute atomic E-state index is 12.5. The minimum atomic E-state index is -0.448. The summed E-state index contributed by atoms with van der Waals surface area (Å²) in [6, 6.07) is 17.0. The van der Waals surface area contributed by atoms with E-state index < -0.39 is 5.97 Å². The van der Waals surface area contributed by atoms with Crippen molar-refractivity contribution in [3.63, 3.8) is 0 Å². The van der Waals surface area contributed by atoms with Crippen molar-refractivity contribution in [3.05, 3.63) is 88.3 Å². The second-order valence-corrected chi connectivity index (χ2v) is 5.52. The Kier molecular flexibility index (Phi) is 4.94. The van der Waals surface area contributed by atoms with E-state index in [-0.39, 0.29) is 11.5 Å². The van der Waals surface area contributed by atoms with Gasteiger partial charge >= 0.3 is 5.97 Å². The fourth-order valence-electron chi connectivity index (χ4n) is 2.46. The summed E-state index contributed by atoms with van der Waals surface area (Å²) in [4.78, 5) is 38.5. The zero-order chi connectivity index (χ0) is 18.5. The van der Waals surface area contributed by atoms with Crippen molar-refractivity contribution in [1.82, 2.24) is 4.98 Å². The molecule has 0 atom stereocenters. The van der Waals surface area contributed by atoms with Gasteiger partial charge in [0.2, 0.25) is 0 Å². The summed E-state index contributed by atoms with van der Waals surface area (Å²) in [5.41, 5.74) is 2.11. The highest BCUT2D eigenvalue weighted by atomic mass is 16.5. The number of pyridine rings is 1. The summed E-state index contributed by atoms with van der Waals surface area (Å²) in [5.74, 6) is -0.819. The second-order valence-electron chi connectivity index (χ2n) is 5.52. The Bertz CT molecular complexity index is 992. The van der Waals surface area contributed by atoms with Gasteiger partial charge in [-0.25, -0.2) is 4.79 Å². The van der Waals surface area contributed by atoms with Crippen molar-refractivity contribution in [2.75, 3.05) is 12.4 Å². The normalized spacial score (nSPS) is 10.2. The number of benzene rings is 2. The number of rotatable bonds is 4. The van der Waals surface area contributed by atoms with Crippen LogP contribution in [0.4, 0.5) is 5.69 Å². The second kappa shape index (κ2) is 7.48. The molecule has 0 saturated heterocycles. The minimum Gasteiger partial charge on any atom is -0.465 e. The molecule has 0 aliphatic heterocycles. The Labute approximate surface area is 149 Å². The largest absolute Gasteiger partial charge is 0.465 e. The van der Waals surface area contributed by atoms with Crippen LogP contribution in [-0.2, 0) is 4.74 Å². The number of amides is 1. The molecule has 3 aromatic rings. The highest BCUT2D eigenvalue weighted by Gasteiger charge is 2.11. The number of carbonyl (C=O) groups excluding carboxylic acids is 2. The number of H-pyrrole nitrogens is 1. The van der Waals surface area contributed by atoms with Crippen molar-refractivity contribution in [2.45, 2.75) is 0 Å². The zero-order valence-electron chi connectivity index (χ0n) is 14.0. The first-order valence-electron chi connectivity index (χ1n) is 7.86. The summed E-state index contributed by atoms with van der Waals surface area (Å²) in [6.07, 6.45) is 1.37. The van der Waals surface area contributed by atoms with E-state index in [0.29, 0.717) is 22.4 Å². The van der Waals surface area contributed by atoms with Crippen molar-refractivity contribution < 1.29 is 14.3 Å². The van der Waals surface area contributed by atoms with Gasteiger partial charge in [0.25, 0.3) is 11.5 Å². The molecular formula is C20H16N2O4. The molecule has 0 bridgehead atoms. The van der Waals surface area contributed by atoms with Crippen LogP contribution in [0.3, 0.4) is 0 Å². The third-order valence-corrected chi connectivity index (χ3v) is 3.81. The van der Waals surface area contributed by atoms with Crippen LogP contribution in [-0.4, -0.2) is 24.0 Å². The number of nitrogens with one attached hydrogen (secondary N) is 2. The fraction of sp³-hybridized carbons (Fsp3) is 0.0500. The number of esters is 1. The smallest absolute Gasteiger partial charge is 0.337 e. The number of aromatic amines is 1. The molecule has 0 spiro atoms. The Balaban J connectivity index is 1.82. The van der Waals surface area contributed by atoms with E-state index >= 15 is 0 Å². The number of methoxy groups -OCH3 is 1. The molecule has 0 aliphatic rings. The molecular weight excluding hydrogens is 332 g/mol. The van der Waals surface area contributed by atoms with Gasteiger partial charge in [0, 0.05) is 17.4 Å². The van der Waals surface area contributed by atoms with E-state index in [9.17, 15) is 14.4 Å². The summed E-state index contributed by atoms with van der Waals surface area (Å²) < 4.78 is 4.63.